The zero-order chi connectivity index (χ0) is 14.5. The molecule has 0 rings (SSSR count). The average molecular weight is 278 g/mol. The predicted molar refractivity (Wildman–Crippen MR) is 62.0 cm³/mol. The van der Waals surface area contributed by atoms with E-state index in [1.807, 2.05) is 0 Å². The lowest BCUT2D eigenvalue weighted by Crippen LogP contribution is -2.32. The van der Waals surface area contributed by atoms with Crippen molar-refractivity contribution in [3.8, 4) is 0 Å². The number of rotatable bonds is 6. The maximum atomic E-state index is 11.1. The summed E-state index contributed by atoms with van der Waals surface area (Å²) in [6, 6.07) is 0. The molecule has 0 aromatic heterocycles. The average Bonchev–Trinajstić information content (AvgIpc) is 2.20. The normalized spacial score (nSPS) is 12.4. The van der Waals surface area contributed by atoms with Crippen molar-refractivity contribution in [1.29, 1.82) is 0 Å². The molecular formula is C10H14O7S. The van der Waals surface area contributed by atoms with Crippen LogP contribution in [0.15, 0.2) is 24.3 Å². The van der Waals surface area contributed by atoms with E-state index in [0.29, 0.717) is 0 Å². The summed E-state index contributed by atoms with van der Waals surface area (Å²) >= 11 is 0. The molecule has 102 valence electrons. The number of hydrogen-bond donors (Lipinski definition) is 1. The Kier molecular flexibility index (Phi) is 5.73. The van der Waals surface area contributed by atoms with E-state index in [-0.39, 0.29) is 11.1 Å². The van der Waals surface area contributed by atoms with Crippen LogP contribution in [-0.2, 0) is 29.2 Å². The van der Waals surface area contributed by atoms with Crippen molar-refractivity contribution in [3.63, 3.8) is 0 Å². The summed E-state index contributed by atoms with van der Waals surface area (Å²) in [5.41, 5.74) is -2.02. The first kappa shape index (κ1) is 16.3. The Morgan fingerprint density at radius 3 is 1.94 bits per heavy atom. The van der Waals surface area contributed by atoms with Gasteiger partial charge in [-0.3, -0.25) is 4.55 Å². The molecule has 1 unspecified atom stereocenters. The van der Waals surface area contributed by atoms with Crippen LogP contribution in [0.25, 0.3) is 0 Å². The standard InChI is InChI=1S/C10H14O7S/c1-6(2)9(11)16-5-8(18(13,14)15)17-10(12)7(3)4/h8H,1,3,5H2,2,4H3,(H,13,14,15). The van der Waals surface area contributed by atoms with Gasteiger partial charge in [-0.15, -0.1) is 0 Å². The van der Waals surface area contributed by atoms with Crippen molar-refractivity contribution in [2.45, 2.75) is 19.3 Å². The van der Waals surface area contributed by atoms with E-state index < -0.39 is 34.1 Å². The molecule has 0 aromatic carbocycles. The molecule has 7 nitrogen and oxygen atoms in total. The SMILES string of the molecule is C=C(C)C(=O)OCC(OC(=O)C(=C)C)S(=O)(=O)O. The highest BCUT2D eigenvalue weighted by Crippen LogP contribution is 2.07. The Morgan fingerprint density at radius 1 is 1.17 bits per heavy atom. The molecule has 0 aliphatic heterocycles. The molecule has 1 atom stereocenters. The maximum Gasteiger partial charge on any atom is 0.334 e. The molecule has 0 aliphatic carbocycles. The largest absolute Gasteiger partial charge is 0.457 e. The van der Waals surface area contributed by atoms with Crippen LogP contribution in [0.1, 0.15) is 13.8 Å². The van der Waals surface area contributed by atoms with Crippen molar-refractivity contribution in [2.24, 2.45) is 0 Å². The fraction of sp³-hybridized carbons (Fsp3) is 0.400. The third-order valence-corrected chi connectivity index (χ3v) is 2.51. The molecule has 1 N–H and O–H groups in total. The zero-order valence-corrected chi connectivity index (χ0v) is 10.8. The summed E-state index contributed by atoms with van der Waals surface area (Å²) in [6.07, 6.45) is 0. The fourth-order valence-corrected chi connectivity index (χ4v) is 1.12. The Bertz CT molecular complexity index is 474. The molecule has 0 aromatic rings. The summed E-state index contributed by atoms with van der Waals surface area (Å²) in [7, 11) is -4.71. The zero-order valence-electron chi connectivity index (χ0n) is 10.0. The third kappa shape index (κ3) is 5.60. The third-order valence-electron chi connectivity index (χ3n) is 1.62. The van der Waals surface area contributed by atoms with Crippen LogP contribution in [0, 0.1) is 0 Å². The van der Waals surface area contributed by atoms with Gasteiger partial charge in [0.25, 0.3) is 5.44 Å². The van der Waals surface area contributed by atoms with Crippen LogP contribution in [-0.4, -0.2) is 37.0 Å². The van der Waals surface area contributed by atoms with Gasteiger partial charge in [0.1, 0.15) is 6.61 Å². The fourth-order valence-electron chi connectivity index (χ4n) is 0.668. The number of hydrogen-bond acceptors (Lipinski definition) is 6. The van der Waals surface area contributed by atoms with Crippen LogP contribution in [0.4, 0.5) is 0 Å². The van der Waals surface area contributed by atoms with E-state index in [9.17, 15) is 18.0 Å². The van der Waals surface area contributed by atoms with Crippen molar-refractivity contribution in [2.75, 3.05) is 6.61 Å². The van der Waals surface area contributed by atoms with Gasteiger partial charge in [0.15, 0.2) is 0 Å². The van der Waals surface area contributed by atoms with E-state index in [1.54, 1.807) is 0 Å². The Labute approximate surface area is 105 Å². The molecule has 0 amide bonds. The molecule has 0 aliphatic rings. The van der Waals surface area contributed by atoms with Gasteiger partial charge in [0, 0.05) is 11.1 Å². The minimum absolute atomic E-state index is 0.0373. The van der Waals surface area contributed by atoms with Crippen LogP contribution >= 0.6 is 0 Å². The molecule has 8 heteroatoms. The van der Waals surface area contributed by atoms with Crippen molar-refractivity contribution < 1.29 is 32.0 Å². The lowest BCUT2D eigenvalue weighted by atomic mass is 10.4. The maximum absolute atomic E-state index is 11.1. The summed E-state index contributed by atoms with van der Waals surface area (Å²) in [6.45, 7) is 8.33. The van der Waals surface area contributed by atoms with Gasteiger partial charge in [-0.1, -0.05) is 13.2 Å². The highest BCUT2D eigenvalue weighted by molar-refractivity contribution is 7.86. The highest BCUT2D eigenvalue weighted by atomic mass is 32.2. The van der Waals surface area contributed by atoms with Crippen molar-refractivity contribution >= 4 is 22.1 Å². The van der Waals surface area contributed by atoms with Gasteiger partial charge in [0.2, 0.25) is 0 Å². The van der Waals surface area contributed by atoms with Crippen LogP contribution in [0.2, 0.25) is 0 Å². The highest BCUT2D eigenvalue weighted by Gasteiger charge is 2.29. The number of carbonyl (C=O) groups is 2. The first-order valence-corrected chi connectivity index (χ1v) is 6.21. The molecule has 0 spiro atoms. The van der Waals surface area contributed by atoms with Gasteiger partial charge in [-0.25, -0.2) is 9.59 Å². The smallest absolute Gasteiger partial charge is 0.334 e. The second-order valence-corrected chi connectivity index (χ2v) is 5.06. The lowest BCUT2D eigenvalue weighted by molar-refractivity contribution is -0.149. The summed E-state index contributed by atoms with van der Waals surface area (Å²) in [4.78, 5) is 22.2. The number of esters is 2. The van der Waals surface area contributed by atoms with Crippen molar-refractivity contribution in [3.05, 3.63) is 24.3 Å². The monoisotopic (exact) mass is 278 g/mol. The van der Waals surface area contributed by atoms with E-state index in [0.717, 1.165) is 0 Å². The van der Waals surface area contributed by atoms with E-state index in [2.05, 4.69) is 22.6 Å². The second kappa shape index (κ2) is 6.31. The molecule has 0 radical (unpaired) electrons. The van der Waals surface area contributed by atoms with E-state index in [4.69, 9.17) is 4.55 Å². The first-order chi connectivity index (χ1) is 8.05. The van der Waals surface area contributed by atoms with Crippen LogP contribution in [0.5, 0.6) is 0 Å². The molecule has 0 saturated heterocycles. The topological polar surface area (TPSA) is 107 Å². The Balaban J connectivity index is 4.73. The van der Waals surface area contributed by atoms with Gasteiger partial charge < -0.3 is 9.47 Å². The summed E-state index contributed by atoms with van der Waals surface area (Å²) in [5.74, 6) is -1.89. The van der Waals surface area contributed by atoms with E-state index in [1.165, 1.54) is 13.8 Å². The van der Waals surface area contributed by atoms with Crippen LogP contribution < -0.4 is 0 Å². The molecule has 0 saturated carbocycles. The van der Waals surface area contributed by atoms with Gasteiger partial charge >= 0.3 is 22.1 Å². The summed E-state index contributed by atoms with van der Waals surface area (Å²) in [5, 5.41) is 0. The van der Waals surface area contributed by atoms with E-state index >= 15 is 0 Å². The molecule has 0 heterocycles. The first-order valence-electron chi connectivity index (χ1n) is 4.71. The number of ether oxygens (including phenoxy) is 2. The van der Waals surface area contributed by atoms with Gasteiger partial charge in [-0.2, -0.15) is 8.42 Å². The lowest BCUT2D eigenvalue weighted by Gasteiger charge is -2.15. The van der Waals surface area contributed by atoms with Gasteiger partial charge in [-0.05, 0) is 13.8 Å². The molecular weight excluding hydrogens is 264 g/mol. The minimum Gasteiger partial charge on any atom is -0.457 e. The van der Waals surface area contributed by atoms with Crippen LogP contribution in [0.3, 0.4) is 0 Å². The molecule has 0 fully saturated rings. The summed E-state index contributed by atoms with van der Waals surface area (Å²) < 4.78 is 39.5. The molecule has 18 heavy (non-hydrogen) atoms. The Morgan fingerprint density at radius 2 is 1.61 bits per heavy atom. The quantitative estimate of drug-likeness (QED) is 0.426. The molecule has 0 bridgehead atoms. The number of carbonyl (C=O) groups excluding carboxylic acids is 2. The predicted octanol–water partition coefficient (Wildman–Crippen LogP) is 0.439. The Hall–Kier alpha value is -1.67. The second-order valence-electron chi connectivity index (χ2n) is 3.51. The van der Waals surface area contributed by atoms with Gasteiger partial charge in [0.05, 0.1) is 0 Å². The van der Waals surface area contributed by atoms with Crippen molar-refractivity contribution in [1.82, 2.24) is 0 Å². The minimum atomic E-state index is -4.71.